The van der Waals surface area contributed by atoms with Crippen molar-refractivity contribution in [2.45, 2.75) is 0 Å². The SMILES string of the molecule is O=C(OCC(=C(F)F)c1ccccc1)c1ccccc1. The fourth-order valence-corrected chi connectivity index (χ4v) is 1.68. The molecule has 0 aliphatic carbocycles. The van der Waals surface area contributed by atoms with Crippen LogP contribution in [-0.4, -0.2) is 12.6 Å². The largest absolute Gasteiger partial charge is 0.457 e. The Morgan fingerprint density at radius 1 is 0.850 bits per heavy atom. The lowest BCUT2D eigenvalue weighted by molar-refractivity contribution is 0.0555. The molecule has 0 aromatic heterocycles. The molecule has 20 heavy (non-hydrogen) atoms. The van der Waals surface area contributed by atoms with Crippen molar-refractivity contribution in [2.75, 3.05) is 6.61 Å². The first-order valence-corrected chi connectivity index (χ1v) is 6.00. The second kappa shape index (κ2) is 6.61. The van der Waals surface area contributed by atoms with Crippen LogP contribution >= 0.6 is 0 Å². The Hall–Kier alpha value is -2.49. The minimum Gasteiger partial charge on any atom is -0.457 e. The summed E-state index contributed by atoms with van der Waals surface area (Å²) < 4.78 is 30.8. The summed E-state index contributed by atoms with van der Waals surface area (Å²) in [6, 6.07) is 16.4. The van der Waals surface area contributed by atoms with Crippen molar-refractivity contribution in [3.63, 3.8) is 0 Å². The summed E-state index contributed by atoms with van der Waals surface area (Å²) in [6.45, 7) is -0.458. The van der Waals surface area contributed by atoms with Gasteiger partial charge in [-0.25, -0.2) is 4.79 Å². The van der Waals surface area contributed by atoms with Crippen molar-refractivity contribution >= 4 is 11.5 Å². The first kappa shape index (κ1) is 13.9. The van der Waals surface area contributed by atoms with E-state index in [0.717, 1.165) is 0 Å². The highest BCUT2D eigenvalue weighted by atomic mass is 19.3. The van der Waals surface area contributed by atoms with Gasteiger partial charge in [0.05, 0.1) is 11.1 Å². The highest BCUT2D eigenvalue weighted by Gasteiger charge is 2.13. The molecule has 2 rings (SSSR count). The molecule has 0 amide bonds. The van der Waals surface area contributed by atoms with Crippen LogP contribution in [0.25, 0.3) is 5.57 Å². The van der Waals surface area contributed by atoms with Gasteiger partial charge in [-0.15, -0.1) is 0 Å². The van der Waals surface area contributed by atoms with Crippen molar-refractivity contribution in [3.8, 4) is 0 Å². The van der Waals surface area contributed by atoms with E-state index in [0.29, 0.717) is 11.1 Å². The summed E-state index contributed by atoms with van der Waals surface area (Å²) in [4.78, 5) is 11.7. The van der Waals surface area contributed by atoms with Crippen LogP contribution in [0.4, 0.5) is 8.78 Å². The second-order valence-corrected chi connectivity index (χ2v) is 4.05. The van der Waals surface area contributed by atoms with Crippen LogP contribution in [0.15, 0.2) is 66.7 Å². The smallest absolute Gasteiger partial charge is 0.338 e. The van der Waals surface area contributed by atoms with Gasteiger partial charge < -0.3 is 4.74 Å². The molecular formula is C16H12F2O2. The average molecular weight is 274 g/mol. The summed E-state index contributed by atoms with van der Waals surface area (Å²) in [5.41, 5.74) is 0.391. The van der Waals surface area contributed by atoms with Crippen LogP contribution in [0.1, 0.15) is 15.9 Å². The van der Waals surface area contributed by atoms with Crippen LogP contribution in [0, 0.1) is 0 Å². The molecule has 0 unspecified atom stereocenters. The molecule has 0 atom stereocenters. The zero-order valence-electron chi connectivity index (χ0n) is 10.6. The fourth-order valence-electron chi connectivity index (χ4n) is 1.68. The molecule has 0 saturated carbocycles. The molecule has 2 aromatic carbocycles. The van der Waals surface area contributed by atoms with Gasteiger partial charge in [0.1, 0.15) is 6.61 Å². The maximum atomic E-state index is 12.9. The van der Waals surface area contributed by atoms with Crippen molar-refractivity contribution in [3.05, 3.63) is 77.9 Å². The van der Waals surface area contributed by atoms with Gasteiger partial charge in [-0.3, -0.25) is 0 Å². The lowest BCUT2D eigenvalue weighted by Gasteiger charge is -2.08. The predicted molar refractivity (Wildman–Crippen MR) is 72.3 cm³/mol. The number of ether oxygens (including phenoxy) is 1. The van der Waals surface area contributed by atoms with E-state index in [1.165, 1.54) is 0 Å². The van der Waals surface area contributed by atoms with Crippen molar-refractivity contribution < 1.29 is 18.3 Å². The van der Waals surface area contributed by atoms with Crippen LogP contribution in [0.2, 0.25) is 0 Å². The summed E-state index contributed by atoms with van der Waals surface area (Å²) >= 11 is 0. The highest BCUT2D eigenvalue weighted by molar-refractivity contribution is 5.90. The Morgan fingerprint density at radius 3 is 1.85 bits per heavy atom. The Bertz CT molecular complexity index is 603. The molecule has 0 N–H and O–H groups in total. The number of rotatable bonds is 4. The van der Waals surface area contributed by atoms with Gasteiger partial charge in [0.15, 0.2) is 0 Å². The van der Waals surface area contributed by atoms with E-state index in [1.54, 1.807) is 60.7 Å². The molecule has 102 valence electrons. The molecule has 0 aliphatic rings. The van der Waals surface area contributed by atoms with E-state index in [9.17, 15) is 13.6 Å². The number of esters is 1. The fraction of sp³-hybridized carbons (Fsp3) is 0.0625. The number of benzene rings is 2. The molecule has 0 spiro atoms. The monoisotopic (exact) mass is 274 g/mol. The van der Waals surface area contributed by atoms with Gasteiger partial charge in [0, 0.05) is 0 Å². The second-order valence-electron chi connectivity index (χ2n) is 4.05. The molecule has 0 saturated heterocycles. The molecular weight excluding hydrogens is 262 g/mol. The molecule has 4 heteroatoms. The van der Waals surface area contributed by atoms with Crippen molar-refractivity contribution in [2.24, 2.45) is 0 Å². The van der Waals surface area contributed by atoms with Gasteiger partial charge in [0.25, 0.3) is 6.08 Å². The normalized spacial score (nSPS) is 9.90. The van der Waals surface area contributed by atoms with E-state index in [1.807, 2.05) is 0 Å². The predicted octanol–water partition coefficient (Wildman–Crippen LogP) is 4.15. The number of carbonyl (C=O) groups excluding carboxylic acids is 1. The van der Waals surface area contributed by atoms with Crippen LogP contribution in [-0.2, 0) is 4.74 Å². The van der Waals surface area contributed by atoms with E-state index in [4.69, 9.17) is 4.74 Å². The minimum atomic E-state index is -1.85. The Balaban J connectivity index is 2.09. The molecule has 0 bridgehead atoms. The first-order valence-electron chi connectivity index (χ1n) is 6.00. The summed E-state index contributed by atoms with van der Waals surface area (Å²) in [6.07, 6.45) is -1.85. The van der Waals surface area contributed by atoms with E-state index in [2.05, 4.69) is 0 Å². The van der Waals surface area contributed by atoms with E-state index >= 15 is 0 Å². The third-order valence-corrected chi connectivity index (χ3v) is 2.71. The third-order valence-electron chi connectivity index (χ3n) is 2.71. The Kier molecular flexibility index (Phi) is 4.60. The zero-order chi connectivity index (χ0) is 14.4. The molecule has 2 aromatic rings. The number of carbonyl (C=O) groups is 1. The molecule has 0 radical (unpaired) electrons. The standard InChI is InChI=1S/C16H12F2O2/c17-15(18)14(12-7-3-1-4-8-12)11-20-16(19)13-9-5-2-6-10-13/h1-10H,11H2. The maximum absolute atomic E-state index is 12.9. The molecule has 2 nitrogen and oxygen atoms in total. The van der Waals surface area contributed by atoms with Crippen LogP contribution < -0.4 is 0 Å². The maximum Gasteiger partial charge on any atom is 0.338 e. The van der Waals surface area contributed by atoms with Crippen molar-refractivity contribution in [1.82, 2.24) is 0 Å². The van der Waals surface area contributed by atoms with Gasteiger partial charge >= 0.3 is 5.97 Å². The lowest BCUT2D eigenvalue weighted by Crippen LogP contribution is -2.08. The van der Waals surface area contributed by atoms with E-state index < -0.39 is 18.7 Å². The average Bonchev–Trinajstić information content (AvgIpc) is 2.49. The van der Waals surface area contributed by atoms with Crippen molar-refractivity contribution in [1.29, 1.82) is 0 Å². The highest BCUT2D eigenvalue weighted by Crippen LogP contribution is 2.21. The molecule has 0 aliphatic heterocycles. The summed E-state index contributed by atoms with van der Waals surface area (Å²) in [5.74, 6) is -0.625. The first-order chi connectivity index (χ1) is 9.68. The lowest BCUT2D eigenvalue weighted by atomic mass is 10.1. The van der Waals surface area contributed by atoms with Gasteiger partial charge in [-0.2, -0.15) is 8.78 Å². The third kappa shape index (κ3) is 3.51. The van der Waals surface area contributed by atoms with E-state index in [-0.39, 0.29) is 5.57 Å². The quantitative estimate of drug-likeness (QED) is 0.783. The number of halogens is 2. The Labute approximate surface area is 115 Å². The Morgan fingerprint density at radius 2 is 1.35 bits per heavy atom. The van der Waals surface area contributed by atoms with Gasteiger partial charge in [0.2, 0.25) is 0 Å². The van der Waals surface area contributed by atoms with Gasteiger partial charge in [-0.1, -0.05) is 48.5 Å². The van der Waals surface area contributed by atoms with Crippen LogP contribution in [0.5, 0.6) is 0 Å². The van der Waals surface area contributed by atoms with Gasteiger partial charge in [-0.05, 0) is 17.7 Å². The topological polar surface area (TPSA) is 26.3 Å². The molecule has 0 heterocycles. The summed E-state index contributed by atoms with van der Waals surface area (Å²) in [5, 5.41) is 0. The molecule has 0 fully saturated rings. The van der Waals surface area contributed by atoms with Crippen LogP contribution in [0.3, 0.4) is 0 Å². The number of hydrogen-bond acceptors (Lipinski definition) is 2. The number of hydrogen-bond donors (Lipinski definition) is 0. The summed E-state index contributed by atoms with van der Waals surface area (Å²) in [7, 11) is 0. The zero-order valence-corrected chi connectivity index (χ0v) is 10.6. The minimum absolute atomic E-state index is 0.283.